The first kappa shape index (κ1) is 24.4. The highest BCUT2D eigenvalue weighted by Crippen LogP contribution is 2.38. The first-order valence-corrected chi connectivity index (χ1v) is 11.9. The van der Waals surface area contributed by atoms with E-state index in [-0.39, 0.29) is 42.7 Å². The third-order valence-corrected chi connectivity index (χ3v) is 5.16. The topological polar surface area (TPSA) is 154 Å². The zero-order valence-corrected chi connectivity index (χ0v) is 18.3. The van der Waals surface area contributed by atoms with Crippen LogP contribution in [0.4, 0.5) is 17.1 Å². The molecule has 0 heterocycles. The first-order chi connectivity index (χ1) is 14.6. The number of hydrogen-bond acceptors (Lipinski definition) is 8. The fraction of sp³-hybridized carbons (Fsp3) is 0.579. The molecule has 11 nitrogen and oxygen atoms in total. The lowest BCUT2D eigenvalue weighted by Gasteiger charge is -2.24. The van der Waals surface area contributed by atoms with Crippen molar-refractivity contribution in [3.63, 3.8) is 0 Å². The lowest BCUT2D eigenvalue weighted by atomic mass is 9.98. The SMILES string of the molecule is CCOC(=O)CCC(=O)Nc1cc(NS(C)(=O)=O)c(OC2CCCCC2)cc1[N+](=O)[O-]. The smallest absolute Gasteiger partial charge is 0.306 e. The Morgan fingerprint density at radius 2 is 1.84 bits per heavy atom. The third-order valence-electron chi connectivity index (χ3n) is 4.57. The highest BCUT2D eigenvalue weighted by molar-refractivity contribution is 7.92. The van der Waals surface area contributed by atoms with E-state index in [4.69, 9.17) is 9.47 Å². The van der Waals surface area contributed by atoms with Gasteiger partial charge in [0.2, 0.25) is 15.9 Å². The number of amides is 1. The second-order valence-corrected chi connectivity index (χ2v) is 8.98. The van der Waals surface area contributed by atoms with Crippen molar-refractivity contribution in [2.75, 3.05) is 22.9 Å². The Kier molecular flexibility index (Phi) is 8.60. The summed E-state index contributed by atoms with van der Waals surface area (Å²) in [6.45, 7) is 1.81. The average molecular weight is 458 g/mol. The van der Waals surface area contributed by atoms with Crippen molar-refractivity contribution in [3.05, 3.63) is 22.2 Å². The summed E-state index contributed by atoms with van der Waals surface area (Å²) >= 11 is 0. The molecule has 0 radical (unpaired) electrons. The Morgan fingerprint density at radius 3 is 2.42 bits per heavy atom. The number of benzene rings is 1. The summed E-state index contributed by atoms with van der Waals surface area (Å²) < 4.78 is 36.5. The van der Waals surface area contributed by atoms with Crippen molar-refractivity contribution >= 4 is 39.0 Å². The minimum absolute atomic E-state index is 0.0145. The first-order valence-electron chi connectivity index (χ1n) is 10.0. The van der Waals surface area contributed by atoms with Crippen molar-refractivity contribution in [1.29, 1.82) is 0 Å². The van der Waals surface area contributed by atoms with Gasteiger partial charge in [-0.05, 0) is 38.7 Å². The van der Waals surface area contributed by atoms with Crippen LogP contribution in [0.25, 0.3) is 0 Å². The molecule has 0 spiro atoms. The van der Waals surface area contributed by atoms with E-state index in [1.165, 1.54) is 0 Å². The molecule has 0 aromatic heterocycles. The van der Waals surface area contributed by atoms with Gasteiger partial charge < -0.3 is 14.8 Å². The van der Waals surface area contributed by atoms with Crippen LogP contribution in [-0.4, -0.2) is 44.2 Å². The number of hydrogen-bond donors (Lipinski definition) is 2. The molecular formula is C19H27N3O8S. The number of nitro benzene ring substituents is 1. The van der Waals surface area contributed by atoms with E-state index >= 15 is 0 Å². The molecule has 1 aliphatic rings. The molecule has 0 saturated heterocycles. The highest BCUT2D eigenvalue weighted by atomic mass is 32.2. The standard InChI is InChI=1S/C19H27N3O8S/c1-3-29-19(24)10-9-18(23)20-14-11-15(21-31(2,27)28)17(12-16(14)22(25)26)30-13-7-5-4-6-8-13/h11-13,21H,3-10H2,1-2H3,(H,20,23). The van der Waals surface area contributed by atoms with E-state index in [0.29, 0.717) is 0 Å². The summed E-state index contributed by atoms with van der Waals surface area (Å²) in [5.41, 5.74) is -0.672. The number of carbonyl (C=O) groups is 2. The third kappa shape index (κ3) is 8.04. The Morgan fingerprint density at radius 1 is 1.16 bits per heavy atom. The number of nitro groups is 1. The molecule has 0 bridgehead atoms. The Labute approximate surface area is 180 Å². The van der Waals surface area contributed by atoms with Crippen LogP contribution in [0.2, 0.25) is 0 Å². The van der Waals surface area contributed by atoms with Crippen LogP contribution in [0, 0.1) is 10.1 Å². The number of rotatable bonds is 10. The summed E-state index contributed by atoms with van der Waals surface area (Å²) in [6, 6.07) is 2.25. The number of sulfonamides is 1. The van der Waals surface area contributed by atoms with Gasteiger partial charge in [0.15, 0.2) is 5.75 Å². The number of nitrogens with one attached hydrogen (secondary N) is 2. The Balaban J connectivity index is 2.31. The van der Waals surface area contributed by atoms with Gasteiger partial charge in [-0.1, -0.05) is 6.42 Å². The lowest BCUT2D eigenvalue weighted by Crippen LogP contribution is -2.21. The van der Waals surface area contributed by atoms with E-state index in [1.807, 2.05) is 0 Å². The molecule has 1 aromatic carbocycles. The maximum atomic E-state index is 12.2. The molecule has 2 rings (SSSR count). The molecule has 0 unspecified atom stereocenters. The molecule has 172 valence electrons. The molecule has 1 amide bonds. The summed E-state index contributed by atoms with van der Waals surface area (Å²) in [5.74, 6) is -1.20. The number of nitrogens with zero attached hydrogens (tertiary/aromatic N) is 1. The summed E-state index contributed by atoms with van der Waals surface area (Å²) in [4.78, 5) is 34.5. The summed E-state index contributed by atoms with van der Waals surface area (Å²) in [7, 11) is -3.72. The molecule has 1 fully saturated rings. The van der Waals surface area contributed by atoms with E-state index in [1.54, 1.807) is 6.92 Å². The summed E-state index contributed by atoms with van der Waals surface area (Å²) in [6.07, 6.45) is 4.83. The van der Waals surface area contributed by atoms with Gasteiger partial charge >= 0.3 is 5.97 Å². The average Bonchev–Trinajstić information content (AvgIpc) is 2.68. The molecule has 0 atom stereocenters. The fourth-order valence-electron chi connectivity index (χ4n) is 3.22. The number of ether oxygens (including phenoxy) is 2. The summed E-state index contributed by atoms with van der Waals surface area (Å²) in [5, 5.41) is 13.9. The van der Waals surface area contributed by atoms with Gasteiger partial charge in [-0.25, -0.2) is 8.42 Å². The van der Waals surface area contributed by atoms with Gasteiger partial charge in [0, 0.05) is 6.42 Å². The normalized spacial score (nSPS) is 14.5. The largest absolute Gasteiger partial charge is 0.488 e. The van der Waals surface area contributed by atoms with Gasteiger partial charge in [-0.15, -0.1) is 0 Å². The van der Waals surface area contributed by atoms with Gasteiger partial charge in [0.05, 0.1) is 42.1 Å². The predicted molar refractivity (Wildman–Crippen MR) is 114 cm³/mol. The minimum Gasteiger partial charge on any atom is -0.488 e. The van der Waals surface area contributed by atoms with Crippen LogP contribution in [0.1, 0.15) is 51.9 Å². The second kappa shape index (κ2) is 10.9. The highest BCUT2D eigenvalue weighted by Gasteiger charge is 2.25. The number of anilines is 2. The van der Waals surface area contributed by atoms with E-state index in [9.17, 15) is 28.1 Å². The quantitative estimate of drug-likeness (QED) is 0.309. The van der Waals surface area contributed by atoms with E-state index in [2.05, 4.69) is 10.0 Å². The van der Waals surface area contributed by atoms with Crippen molar-refractivity contribution in [3.8, 4) is 5.75 Å². The second-order valence-electron chi connectivity index (χ2n) is 7.23. The molecule has 1 aliphatic carbocycles. The van der Waals surface area contributed by atoms with Crippen molar-refractivity contribution in [2.24, 2.45) is 0 Å². The predicted octanol–water partition coefficient (Wildman–Crippen LogP) is 2.96. The fourth-order valence-corrected chi connectivity index (χ4v) is 3.78. The number of carbonyl (C=O) groups excluding carboxylic acids is 2. The monoisotopic (exact) mass is 457 g/mol. The Hall–Kier alpha value is -2.89. The van der Waals surface area contributed by atoms with Crippen molar-refractivity contribution < 1.29 is 32.4 Å². The van der Waals surface area contributed by atoms with Crippen LogP contribution < -0.4 is 14.8 Å². The van der Waals surface area contributed by atoms with E-state index < -0.39 is 32.5 Å². The number of esters is 1. The van der Waals surface area contributed by atoms with Crippen molar-refractivity contribution in [1.82, 2.24) is 0 Å². The van der Waals surface area contributed by atoms with Crippen LogP contribution in [0.3, 0.4) is 0 Å². The zero-order valence-electron chi connectivity index (χ0n) is 17.5. The molecule has 2 N–H and O–H groups in total. The Bertz CT molecular complexity index is 926. The van der Waals surface area contributed by atoms with Gasteiger partial charge in [0.1, 0.15) is 5.69 Å². The molecular weight excluding hydrogens is 430 g/mol. The molecule has 1 saturated carbocycles. The van der Waals surface area contributed by atoms with E-state index in [0.717, 1.165) is 50.5 Å². The molecule has 12 heteroatoms. The van der Waals surface area contributed by atoms with Crippen LogP contribution in [-0.2, 0) is 24.3 Å². The zero-order chi connectivity index (χ0) is 23.0. The minimum atomic E-state index is -3.72. The van der Waals surface area contributed by atoms with Crippen LogP contribution in [0.15, 0.2) is 12.1 Å². The van der Waals surface area contributed by atoms with Crippen molar-refractivity contribution in [2.45, 2.75) is 58.0 Å². The molecule has 0 aliphatic heterocycles. The van der Waals surface area contributed by atoms with Gasteiger partial charge in [-0.2, -0.15) is 0 Å². The molecule has 31 heavy (non-hydrogen) atoms. The van der Waals surface area contributed by atoms with Crippen LogP contribution in [0.5, 0.6) is 5.75 Å². The maximum Gasteiger partial charge on any atom is 0.306 e. The molecule has 1 aromatic rings. The lowest BCUT2D eigenvalue weighted by molar-refractivity contribution is -0.384. The van der Waals surface area contributed by atoms with Crippen LogP contribution >= 0.6 is 0 Å². The van der Waals surface area contributed by atoms with Gasteiger partial charge in [0.25, 0.3) is 5.69 Å². The van der Waals surface area contributed by atoms with Gasteiger partial charge in [-0.3, -0.25) is 24.4 Å². The maximum absolute atomic E-state index is 12.2.